The number of aromatic amines is 1. The third-order valence-corrected chi connectivity index (χ3v) is 5.09. The van der Waals surface area contributed by atoms with Crippen molar-refractivity contribution in [2.45, 2.75) is 12.5 Å². The van der Waals surface area contributed by atoms with Crippen LogP contribution in [0.5, 0.6) is 0 Å². The Hall–Kier alpha value is -4.15. The van der Waals surface area contributed by atoms with Crippen LogP contribution in [0.1, 0.15) is 23.1 Å². The maximum Gasteiger partial charge on any atom is 0.319 e. The van der Waals surface area contributed by atoms with E-state index < -0.39 is 6.04 Å². The van der Waals surface area contributed by atoms with E-state index in [1.165, 1.54) is 10.6 Å². The molecule has 1 atom stereocenters. The highest BCUT2D eigenvalue weighted by atomic mass is 19.1. The number of aromatic nitrogens is 8. The Labute approximate surface area is 168 Å². The minimum absolute atomic E-state index is 0.221. The predicted molar refractivity (Wildman–Crippen MR) is 102 cm³/mol. The van der Waals surface area contributed by atoms with Crippen LogP contribution in [0.25, 0.3) is 17.2 Å². The number of fused-ring (bicyclic) bond motifs is 2. The van der Waals surface area contributed by atoms with Gasteiger partial charge >= 0.3 is 6.01 Å². The third-order valence-electron chi connectivity index (χ3n) is 5.09. The van der Waals surface area contributed by atoms with Crippen molar-refractivity contribution in [1.29, 1.82) is 0 Å². The molecule has 0 amide bonds. The average Bonchev–Trinajstić information content (AvgIpc) is 3.52. The smallest absolute Gasteiger partial charge is 0.319 e. The van der Waals surface area contributed by atoms with E-state index in [0.717, 1.165) is 11.4 Å². The quantitative estimate of drug-likeness (QED) is 0.488. The molecule has 5 aromatic rings. The maximum atomic E-state index is 14.3. The number of hydrogen-bond acceptors (Lipinski definition) is 8. The van der Waals surface area contributed by atoms with Crippen LogP contribution < -0.4 is 4.90 Å². The molecule has 0 radical (unpaired) electrons. The first-order chi connectivity index (χ1) is 14.8. The Morgan fingerprint density at radius 2 is 2.03 bits per heavy atom. The summed E-state index contributed by atoms with van der Waals surface area (Å²) in [6, 6.07) is 6.33. The van der Waals surface area contributed by atoms with E-state index in [0.29, 0.717) is 36.0 Å². The molecule has 6 rings (SSSR count). The summed E-state index contributed by atoms with van der Waals surface area (Å²) in [5, 5.41) is 12.9. The predicted octanol–water partition coefficient (Wildman–Crippen LogP) is 2.19. The van der Waals surface area contributed by atoms with Gasteiger partial charge in [0.15, 0.2) is 0 Å². The fraction of sp³-hybridized carbons (Fsp3) is 0.158. The van der Waals surface area contributed by atoms with Crippen molar-refractivity contribution in [2.24, 2.45) is 0 Å². The Bertz CT molecular complexity index is 1340. The van der Waals surface area contributed by atoms with Crippen molar-refractivity contribution in [1.82, 2.24) is 39.7 Å². The summed E-state index contributed by atoms with van der Waals surface area (Å²) >= 11 is 0. The van der Waals surface area contributed by atoms with Crippen LogP contribution >= 0.6 is 0 Å². The van der Waals surface area contributed by atoms with Crippen molar-refractivity contribution in [3.05, 3.63) is 72.1 Å². The molecular formula is C19H14FN9O. The minimum atomic E-state index is -0.413. The number of rotatable bonds is 3. The maximum absolute atomic E-state index is 14.3. The van der Waals surface area contributed by atoms with E-state index in [9.17, 15) is 4.39 Å². The van der Waals surface area contributed by atoms with Crippen LogP contribution in [0, 0.1) is 5.82 Å². The van der Waals surface area contributed by atoms with E-state index >= 15 is 0 Å². The number of pyridine rings is 1. The second kappa shape index (κ2) is 6.44. The molecule has 1 aliphatic heterocycles. The lowest BCUT2D eigenvalue weighted by Gasteiger charge is -2.32. The molecule has 1 N–H and O–H groups in total. The monoisotopic (exact) mass is 403 g/mol. The molecule has 0 aromatic carbocycles. The number of imidazole rings is 1. The molecule has 0 bridgehead atoms. The number of nitrogens with zero attached hydrogens (tertiary/aromatic N) is 8. The van der Waals surface area contributed by atoms with Crippen molar-refractivity contribution in [2.75, 3.05) is 11.4 Å². The highest BCUT2D eigenvalue weighted by molar-refractivity contribution is 5.53. The van der Waals surface area contributed by atoms with Gasteiger partial charge in [-0.05, 0) is 24.3 Å². The Morgan fingerprint density at radius 3 is 2.90 bits per heavy atom. The molecule has 0 saturated heterocycles. The first kappa shape index (κ1) is 16.8. The number of nitrogens with one attached hydrogen (secondary N) is 1. The summed E-state index contributed by atoms with van der Waals surface area (Å²) in [6.45, 7) is 0.591. The second-order valence-electron chi connectivity index (χ2n) is 6.83. The molecule has 148 valence electrons. The van der Waals surface area contributed by atoms with Crippen LogP contribution in [-0.4, -0.2) is 46.3 Å². The molecule has 10 nitrogen and oxygen atoms in total. The Morgan fingerprint density at radius 1 is 1.13 bits per heavy atom. The van der Waals surface area contributed by atoms with Crippen LogP contribution in [0.2, 0.25) is 0 Å². The van der Waals surface area contributed by atoms with Gasteiger partial charge in [-0.3, -0.25) is 0 Å². The molecule has 0 saturated carbocycles. The van der Waals surface area contributed by atoms with Crippen molar-refractivity contribution >= 4 is 11.5 Å². The SMILES string of the molecule is Fc1cccn2nc(C3c4nc[nH]c4CCN3c3nnc(-c4ncccn4)o3)cc12. The zero-order valence-electron chi connectivity index (χ0n) is 15.5. The average molecular weight is 403 g/mol. The van der Waals surface area contributed by atoms with Crippen LogP contribution in [0.3, 0.4) is 0 Å². The second-order valence-corrected chi connectivity index (χ2v) is 6.83. The summed E-state index contributed by atoms with van der Waals surface area (Å²) in [7, 11) is 0. The Balaban J connectivity index is 1.46. The highest BCUT2D eigenvalue weighted by Gasteiger charge is 2.36. The van der Waals surface area contributed by atoms with Crippen LogP contribution in [-0.2, 0) is 6.42 Å². The number of H-pyrrole nitrogens is 1. The standard InChI is InChI=1S/C19H14FN9O/c20-11-3-1-7-29-14(11)9-13(27-29)16-15-12(23-10-24-15)4-8-28(16)19-26-25-18(30-19)17-21-5-2-6-22-17/h1-3,5-7,9-10,16H,4,8H2,(H,23,24). The highest BCUT2D eigenvalue weighted by Crippen LogP contribution is 2.36. The lowest BCUT2D eigenvalue weighted by molar-refractivity contribution is 0.501. The van der Waals surface area contributed by atoms with Crippen molar-refractivity contribution in [3.8, 4) is 11.7 Å². The van der Waals surface area contributed by atoms with Gasteiger partial charge in [0.05, 0.1) is 17.7 Å². The van der Waals surface area contributed by atoms with E-state index in [2.05, 4.69) is 35.2 Å². The molecule has 30 heavy (non-hydrogen) atoms. The van der Waals surface area contributed by atoms with Gasteiger partial charge in [-0.1, -0.05) is 5.10 Å². The first-order valence-electron chi connectivity index (χ1n) is 9.31. The van der Waals surface area contributed by atoms with E-state index in [1.807, 2.05) is 4.90 Å². The topological polar surface area (TPSA) is 114 Å². The summed E-state index contributed by atoms with van der Waals surface area (Å²) in [5.41, 5.74) is 2.81. The fourth-order valence-corrected chi connectivity index (χ4v) is 3.75. The van der Waals surface area contributed by atoms with Gasteiger partial charge in [0.2, 0.25) is 5.82 Å². The molecule has 1 unspecified atom stereocenters. The normalized spacial score (nSPS) is 16.2. The summed E-state index contributed by atoms with van der Waals surface area (Å²) < 4.78 is 21.7. The number of halogens is 1. The Kier molecular flexibility index (Phi) is 3.60. The molecule has 0 aliphatic carbocycles. The molecule has 0 fully saturated rings. The molecule has 11 heteroatoms. The molecular weight excluding hydrogens is 389 g/mol. The zero-order chi connectivity index (χ0) is 20.1. The molecule has 0 spiro atoms. The van der Waals surface area contributed by atoms with E-state index in [4.69, 9.17) is 4.42 Å². The van der Waals surface area contributed by atoms with Gasteiger partial charge < -0.3 is 14.3 Å². The largest absolute Gasteiger partial charge is 0.400 e. The molecule has 1 aliphatic rings. The van der Waals surface area contributed by atoms with Crippen molar-refractivity contribution < 1.29 is 8.81 Å². The summed E-state index contributed by atoms with van der Waals surface area (Å²) in [5.74, 6) is 0.223. The molecule has 5 aromatic heterocycles. The van der Waals surface area contributed by atoms with Gasteiger partial charge in [-0.2, -0.15) is 5.10 Å². The van der Waals surface area contributed by atoms with Gasteiger partial charge in [0, 0.05) is 37.3 Å². The lowest BCUT2D eigenvalue weighted by Crippen LogP contribution is -2.36. The van der Waals surface area contributed by atoms with Crippen molar-refractivity contribution in [3.63, 3.8) is 0 Å². The molecule has 6 heterocycles. The first-order valence-corrected chi connectivity index (χ1v) is 9.31. The summed E-state index contributed by atoms with van der Waals surface area (Å²) in [4.78, 5) is 17.9. The minimum Gasteiger partial charge on any atom is -0.400 e. The van der Waals surface area contributed by atoms with Crippen LogP contribution in [0.4, 0.5) is 10.4 Å². The third kappa shape index (κ3) is 2.55. The lowest BCUT2D eigenvalue weighted by atomic mass is 10.0. The van der Waals surface area contributed by atoms with E-state index in [-0.39, 0.29) is 11.7 Å². The fourth-order valence-electron chi connectivity index (χ4n) is 3.75. The van der Waals surface area contributed by atoms with E-state index in [1.54, 1.807) is 43.1 Å². The zero-order valence-corrected chi connectivity index (χ0v) is 15.5. The van der Waals surface area contributed by atoms with Gasteiger partial charge in [-0.25, -0.2) is 23.9 Å². The van der Waals surface area contributed by atoms with Crippen LogP contribution in [0.15, 0.2) is 53.6 Å². The number of anilines is 1. The number of hydrogen-bond donors (Lipinski definition) is 1. The van der Waals surface area contributed by atoms with Gasteiger partial charge in [0.25, 0.3) is 5.89 Å². The van der Waals surface area contributed by atoms with Gasteiger partial charge in [-0.15, -0.1) is 5.10 Å². The van der Waals surface area contributed by atoms with Gasteiger partial charge in [0.1, 0.15) is 17.4 Å². The summed E-state index contributed by atoms with van der Waals surface area (Å²) in [6.07, 6.45) is 7.29.